The third kappa shape index (κ3) is 2.86. The second kappa shape index (κ2) is 5.33. The molecule has 0 N–H and O–H groups in total. The molecular formula is C14H25NO. The smallest absolute Gasteiger partial charge is 0.0770 e. The van der Waals surface area contributed by atoms with Crippen molar-refractivity contribution in [2.24, 2.45) is 5.92 Å². The van der Waals surface area contributed by atoms with Crippen molar-refractivity contribution in [1.29, 1.82) is 0 Å². The second-order valence-electron chi connectivity index (χ2n) is 5.52. The fraction of sp³-hybridized carbons (Fsp3) is 0.857. The molecule has 2 aliphatic rings. The Kier molecular flexibility index (Phi) is 4.04. The van der Waals surface area contributed by atoms with E-state index in [9.17, 15) is 0 Å². The summed E-state index contributed by atoms with van der Waals surface area (Å²) in [5.41, 5.74) is 1.30. The summed E-state index contributed by atoms with van der Waals surface area (Å²) in [5, 5.41) is 0. The number of nitrogens with zero attached hydrogens (tertiary/aromatic N) is 1. The lowest BCUT2D eigenvalue weighted by Crippen LogP contribution is -2.42. The Bertz CT molecular complexity index is 245. The van der Waals surface area contributed by atoms with E-state index in [4.69, 9.17) is 4.74 Å². The highest BCUT2D eigenvalue weighted by Crippen LogP contribution is 2.30. The Labute approximate surface area is 99.7 Å². The first-order valence-corrected chi connectivity index (χ1v) is 6.70. The highest BCUT2D eigenvalue weighted by molar-refractivity contribution is 5.02. The molecule has 3 unspecified atom stereocenters. The molecule has 0 aliphatic carbocycles. The summed E-state index contributed by atoms with van der Waals surface area (Å²) in [5.74, 6) is 0.580. The average Bonchev–Trinajstić information content (AvgIpc) is 2.70. The standard InChI is InChI=1S/C14H25NO/c1-11(2)13-7-6-12(3)16-14(13)10-15-8-4-5-9-15/h12-14H,1,4-10H2,2-3H3. The summed E-state index contributed by atoms with van der Waals surface area (Å²) in [6.45, 7) is 12.1. The summed E-state index contributed by atoms with van der Waals surface area (Å²) in [6, 6.07) is 0. The zero-order valence-electron chi connectivity index (χ0n) is 10.7. The van der Waals surface area contributed by atoms with Gasteiger partial charge in [-0.1, -0.05) is 12.2 Å². The predicted molar refractivity (Wildman–Crippen MR) is 67.5 cm³/mol. The summed E-state index contributed by atoms with van der Waals surface area (Å²) < 4.78 is 6.12. The molecule has 0 amide bonds. The predicted octanol–water partition coefficient (Wildman–Crippen LogP) is 2.84. The molecule has 2 heterocycles. The van der Waals surface area contributed by atoms with E-state index in [0.29, 0.717) is 18.1 Å². The van der Waals surface area contributed by atoms with Crippen LogP contribution in [0.4, 0.5) is 0 Å². The highest BCUT2D eigenvalue weighted by Gasteiger charge is 2.31. The van der Waals surface area contributed by atoms with Crippen molar-refractivity contribution >= 4 is 0 Å². The van der Waals surface area contributed by atoms with E-state index in [1.165, 1.54) is 44.3 Å². The Balaban J connectivity index is 1.93. The SMILES string of the molecule is C=C(C)C1CCC(C)OC1CN1CCCC1. The Hall–Kier alpha value is -0.340. The van der Waals surface area contributed by atoms with Crippen LogP contribution in [0.2, 0.25) is 0 Å². The van der Waals surface area contributed by atoms with Crippen LogP contribution in [0.1, 0.15) is 39.5 Å². The molecule has 3 atom stereocenters. The maximum absolute atomic E-state index is 6.12. The second-order valence-corrected chi connectivity index (χ2v) is 5.52. The van der Waals surface area contributed by atoms with Gasteiger partial charge in [-0.25, -0.2) is 0 Å². The van der Waals surface area contributed by atoms with E-state index >= 15 is 0 Å². The molecule has 2 nitrogen and oxygen atoms in total. The number of hydrogen-bond donors (Lipinski definition) is 0. The van der Waals surface area contributed by atoms with Crippen LogP contribution in [0, 0.1) is 5.92 Å². The van der Waals surface area contributed by atoms with Gasteiger partial charge in [0.05, 0.1) is 12.2 Å². The molecule has 2 rings (SSSR count). The molecule has 0 aromatic heterocycles. The van der Waals surface area contributed by atoms with Crippen LogP contribution in [0.15, 0.2) is 12.2 Å². The third-order valence-corrected chi connectivity index (χ3v) is 4.01. The van der Waals surface area contributed by atoms with E-state index in [0.717, 1.165) is 6.54 Å². The molecule has 2 aliphatic heterocycles. The molecule has 92 valence electrons. The van der Waals surface area contributed by atoms with Crippen LogP contribution in [-0.2, 0) is 4.74 Å². The van der Waals surface area contributed by atoms with Crippen LogP contribution in [0.25, 0.3) is 0 Å². The normalized spacial score (nSPS) is 36.5. The van der Waals surface area contributed by atoms with E-state index in [1.54, 1.807) is 0 Å². The van der Waals surface area contributed by atoms with Crippen LogP contribution in [-0.4, -0.2) is 36.7 Å². The van der Waals surface area contributed by atoms with Gasteiger partial charge in [0.1, 0.15) is 0 Å². The molecule has 2 heteroatoms. The summed E-state index contributed by atoms with van der Waals surface area (Å²) in [6.07, 6.45) is 5.99. The Morgan fingerprint density at radius 1 is 1.31 bits per heavy atom. The molecule has 0 saturated carbocycles. The monoisotopic (exact) mass is 223 g/mol. The zero-order valence-corrected chi connectivity index (χ0v) is 10.7. The van der Waals surface area contributed by atoms with Crippen molar-refractivity contribution in [3.8, 4) is 0 Å². The van der Waals surface area contributed by atoms with Gasteiger partial charge in [0.15, 0.2) is 0 Å². The number of ether oxygens (including phenoxy) is 1. The first-order valence-electron chi connectivity index (χ1n) is 6.70. The van der Waals surface area contributed by atoms with Gasteiger partial charge in [-0.2, -0.15) is 0 Å². The maximum atomic E-state index is 6.12. The Morgan fingerprint density at radius 2 is 2.00 bits per heavy atom. The molecule has 0 aromatic carbocycles. The lowest BCUT2D eigenvalue weighted by molar-refractivity contribution is -0.0757. The maximum Gasteiger partial charge on any atom is 0.0770 e. The van der Waals surface area contributed by atoms with Crippen molar-refractivity contribution in [2.45, 2.75) is 51.7 Å². The first kappa shape index (κ1) is 12.1. The van der Waals surface area contributed by atoms with E-state index < -0.39 is 0 Å². The quantitative estimate of drug-likeness (QED) is 0.682. The molecule has 2 fully saturated rings. The van der Waals surface area contributed by atoms with E-state index in [2.05, 4.69) is 25.3 Å². The minimum Gasteiger partial charge on any atom is -0.373 e. The van der Waals surface area contributed by atoms with Gasteiger partial charge in [0, 0.05) is 12.5 Å². The van der Waals surface area contributed by atoms with Crippen LogP contribution < -0.4 is 0 Å². The van der Waals surface area contributed by atoms with E-state index in [-0.39, 0.29) is 0 Å². The van der Waals surface area contributed by atoms with Gasteiger partial charge >= 0.3 is 0 Å². The summed E-state index contributed by atoms with van der Waals surface area (Å²) in [4.78, 5) is 2.55. The van der Waals surface area contributed by atoms with Crippen LogP contribution >= 0.6 is 0 Å². The lowest BCUT2D eigenvalue weighted by atomic mass is 9.86. The van der Waals surface area contributed by atoms with Crippen molar-refractivity contribution < 1.29 is 4.74 Å². The Morgan fingerprint density at radius 3 is 2.62 bits per heavy atom. The molecule has 16 heavy (non-hydrogen) atoms. The molecular weight excluding hydrogens is 198 g/mol. The molecule has 0 spiro atoms. The summed E-state index contributed by atoms with van der Waals surface area (Å²) >= 11 is 0. The average molecular weight is 223 g/mol. The molecule has 2 saturated heterocycles. The first-order chi connectivity index (χ1) is 7.66. The lowest BCUT2D eigenvalue weighted by Gasteiger charge is -2.37. The summed E-state index contributed by atoms with van der Waals surface area (Å²) in [7, 11) is 0. The third-order valence-electron chi connectivity index (χ3n) is 4.01. The zero-order chi connectivity index (χ0) is 11.5. The van der Waals surface area contributed by atoms with Crippen molar-refractivity contribution in [1.82, 2.24) is 4.90 Å². The van der Waals surface area contributed by atoms with Gasteiger partial charge in [-0.15, -0.1) is 0 Å². The van der Waals surface area contributed by atoms with E-state index in [1.807, 2.05) is 0 Å². The minimum atomic E-state index is 0.388. The topological polar surface area (TPSA) is 12.5 Å². The van der Waals surface area contributed by atoms with Gasteiger partial charge < -0.3 is 9.64 Å². The van der Waals surface area contributed by atoms with Gasteiger partial charge in [-0.3, -0.25) is 0 Å². The number of likely N-dealkylation sites (tertiary alicyclic amines) is 1. The fourth-order valence-electron chi connectivity index (χ4n) is 3.02. The van der Waals surface area contributed by atoms with Crippen molar-refractivity contribution in [3.63, 3.8) is 0 Å². The molecule has 0 radical (unpaired) electrons. The van der Waals surface area contributed by atoms with Gasteiger partial charge in [0.2, 0.25) is 0 Å². The van der Waals surface area contributed by atoms with Crippen LogP contribution in [0.3, 0.4) is 0 Å². The molecule has 0 aromatic rings. The van der Waals surface area contributed by atoms with Crippen molar-refractivity contribution in [3.05, 3.63) is 12.2 Å². The van der Waals surface area contributed by atoms with Crippen LogP contribution in [0.5, 0.6) is 0 Å². The molecule has 0 bridgehead atoms. The minimum absolute atomic E-state index is 0.388. The number of hydrogen-bond acceptors (Lipinski definition) is 2. The van der Waals surface area contributed by atoms with Gasteiger partial charge in [-0.05, 0) is 52.6 Å². The fourth-order valence-corrected chi connectivity index (χ4v) is 3.02. The number of rotatable bonds is 3. The highest BCUT2D eigenvalue weighted by atomic mass is 16.5. The van der Waals surface area contributed by atoms with Gasteiger partial charge in [0.25, 0.3) is 0 Å². The van der Waals surface area contributed by atoms with Crippen molar-refractivity contribution in [2.75, 3.05) is 19.6 Å². The largest absolute Gasteiger partial charge is 0.373 e.